The molecule has 1 N–H and O–H groups in total. The van der Waals surface area contributed by atoms with Crippen LogP contribution in [0, 0.1) is 6.92 Å². The number of allylic oxidation sites excluding steroid dienone is 3. The number of aryl methyl sites for hydroxylation is 1. The molecule has 2 aliphatic rings. The largest absolute Gasteiger partial charge is 0.491 e. The molecular formula is C29H43N3O3. The second-order valence-corrected chi connectivity index (χ2v) is 10.5. The summed E-state index contributed by atoms with van der Waals surface area (Å²) in [6, 6.07) is 9.11. The Bertz CT molecular complexity index is 898. The predicted octanol–water partition coefficient (Wildman–Crippen LogP) is 6.26. The number of nitrogens with zero attached hydrogens (tertiary/aromatic N) is 2. The van der Waals surface area contributed by atoms with E-state index in [2.05, 4.69) is 54.1 Å². The van der Waals surface area contributed by atoms with E-state index in [0.29, 0.717) is 19.1 Å². The molecule has 0 spiro atoms. The van der Waals surface area contributed by atoms with Crippen molar-refractivity contribution in [3.63, 3.8) is 0 Å². The second-order valence-electron chi connectivity index (χ2n) is 10.5. The lowest BCUT2D eigenvalue weighted by Crippen LogP contribution is -2.49. The van der Waals surface area contributed by atoms with Crippen molar-refractivity contribution in [1.82, 2.24) is 9.80 Å². The molecule has 1 heterocycles. The molecule has 1 amide bonds. The predicted molar refractivity (Wildman–Crippen MR) is 143 cm³/mol. The second kappa shape index (κ2) is 12.2. The summed E-state index contributed by atoms with van der Waals surface area (Å²) in [6.45, 7) is 16.6. The number of piperazine rings is 1. The van der Waals surface area contributed by atoms with E-state index in [1.165, 1.54) is 11.3 Å². The highest BCUT2D eigenvalue weighted by Gasteiger charge is 2.27. The molecule has 1 aliphatic heterocycles. The molecule has 0 bridgehead atoms. The van der Waals surface area contributed by atoms with Gasteiger partial charge in [0.15, 0.2) is 0 Å². The van der Waals surface area contributed by atoms with Gasteiger partial charge in [0.25, 0.3) is 0 Å². The normalized spacial score (nSPS) is 22.0. The van der Waals surface area contributed by atoms with Crippen LogP contribution in [0.4, 0.5) is 10.5 Å². The molecule has 35 heavy (non-hydrogen) atoms. The van der Waals surface area contributed by atoms with Crippen LogP contribution in [0.15, 0.2) is 60.5 Å². The topological polar surface area (TPSA) is 54.0 Å². The van der Waals surface area contributed by atoms with E-state index in [-0.39, 0.29) is 12.2 Å². The van der Waals surface area contributed by atoms with Crippen molar-refractivity contribution in [3.05, 3.63) is 66.1 Å². The number of hydrogen-bond donors (Lipinski definition) is 1. The van der Waals surface area contributed by atoms with Crippen molar-refractivity contribution in [3.8, 4) is 0 Å². The third-order valence-corrected chi connectivity index (χ3v) is 6.48. The summed E-state index contributed by atoms with van der Waals surface area (Å²) < 4.78 is 11.9. The van der Waals surface area contributed by atoms with Crippen LogP contribution in [0.2, 0.25) is 0 Å². The third kappa shape index (κ3) is 8.37. The molecule has 6 nitrogen and oxygen atoms in total. The zero-order valence-electron chi connectivity index (χ0n) is 22.2. The monoisotopic (exact) mass is 481 g/mol. The van der Waals surface area contributed by atoms with Gasteiger partial charge in [0, 0.05) is 49.7 Å². The molecule has 192 valence electrons. The van der Waals surface area contributed by atoms with Gasteiger partial charge in [-0.25, -0.2) is 4.79 Å². The minimum atomic E-state index is -0.478. The minimum absolute atomic E-state index is 0.226. The van der Waals surface area contributed by atoms with Gasteiger partial charge in [0.05, 0.1) is 6.10 Å². The first-order chi connectivity index (χ1) is 16.7. The minimum Gasteiger partial charge on any atom is -0.491 e. The smallest absolute Gasteiger partial charge is 0.410 e. The van der Waals surface area contributed by atoms with Crippen LogP contribution in [0.1, 0.15) is 58.9 Å². The Morgan fingerprint density at radius 2 is 1.63 bits per heavy atom. The molecule has 6 heteroatoms. The van der Waals surface area contributed by atoms with E-state index in [1.54, 1.807) is 4.90 Å². The van der Waals surface area contributed by atoms with Crippen molar-refractivity contribution in [2.75, 3.05) is 31.5 Å². The van der Waals surface area contributed by atoms with Crippen LogP contribution in [0.3, 0.4) is 0 Å². The Labute approximate surface area is 211 Å². The lowest BCUT2D eigenvalue weighted by atomic mass is 9.92. The highest BCUT2D eigenvalue weighted by Crippen LogP contribution is 2.27. The van der Waals surface area contributed by atoms with Crippen LogP contribution in [0.25, 0.3) is 0 Å². The molecule has 2 fully saturated rings. The molecule has 0 atom stereocenters. The van der Waals surface area contributed by atoms with Gasteiger partial charge in [0.1, 0.15) is 11.4 Å². The lowest BCUT2D eigenvalue weighted by Gasteiger charge is -2.37. The molecular weight excluding hydrogens is 438 g/mol. The summed E-state index contributed by atoms with van der Waals surface area (Å²) in [7, 11) is 0. The third-order valence-electron chi connectivity index (χ3n) is 6.48. The molecule has 1 aromatic rings. The van der Waals surface area contributed by atoms with Gasteiger partial charge in [-0.05, 0) is 84.6 Å². The number of ether oxygens (including phenoxy) is 2. The molecule has 1 saturated carbocycles. The molecule has 1 aliphatic carbocycles. The van der Waals surface area contributed by atoms with E-state index in [0.717, 1.165) is 50.2 Å². The van der Waals surface area contributed by atoms with Gasteiger partial charge in [0.2, 0.25) is 0 Å². The average Bonchev–Trinajstić information content (AvgIpc) is 2.83. The Morgan fingerprint density at radius 3 is 2.17 bits per heavy atom. The quantitative estimate of drug-likeness (QED) is 0.368. The van der Waals surface area contributed by atoms with Crippen LogP contribution in [-0.4, -0.2) is 59.8 Å². The van der Waals surface area contributed by atoms with Crippen molar-refractivity contribution >= 4 is 11.8 Å². The number of rotatable bonds is 7. The summed E-state index contributed by atoms with van der Waals surface area (Å²) in [5.74, 6) is 0.879. The van der Waals surface area contributed by atoms with Crippen LogP contribution in [0.5, 0.6) is 0 Å². The Balaban J connectivity index is 1.48. The maximum absolute atomic E-state index is 12.4. The lowest BCUT2D eigenvalue weighted by molar-refractivity contribution is 0.0170. The van der Waals surface area contributed by atoms with Crippen LogP contribution in [-0.2, 0) is 9.47 Å². The van der Waals surface area contributed by atoms with E-state index < -0.39 is 5.60 Å². The Hall–Kier alpha value is -2.89. The molecule has 3 rings (SSSR count). The van der Waals surface area contributed by atoms with E-state index in [1.807, 2.05) is 39.8 Å². The maximum Gasteiger partial charge on any atom is 0.410 e. The molecule has 0 aromatic heterocycles. The fourth-order valence-corrected chi connectivity index (χ4v) is 4.49. The summed E-state index contributed by atoms with van der Waals surface area (Å²) >= 11 is 0. The summed E-state index contributed by atoms with van der Waals surface area (Å²) in [4.78, 5) is 16.4. The fraction of sp³-hybridized carbons (Fsp3) is 0.552. The number of carbonyl (C=O) groups excluding carboxylic acids is 1. The van der Waals surface area contributed by atoms with E-state index >= 15 is 0 Å². The van der Waals surface area contributed by atoms with Gasteiger partial charge >= 0.3 is 6.09 Å². The van der Waals surface area contributed by atoms with Crippen molar-refractivity contribution < 1.29 is 14.3 Å². The molecule has 0 radical (unpaired) electrons. The number of anilines is 1. The standard InChI is InChI=1S/C29H43N3O3/c1-7-25(31-17-19-32(20-18-31)28(33)35-29(4,5)6)21-26(8-2)34-27-15-13-24(14-16-27)30-23-11-9-22(3)10-12-23/h7-12,21,24,27,30H,1,13-20H2,2-6H3/b25-21+,26-8+. The van der Waals surface area contributed by atoms with Crippen LogP contribution >= 0.6 is 0 Å². The first-order valence-electron chi connectivity index (χ1n) is 12.9. The zero-order valence-corrected chi connectivity index (χ0v) is 22.2. The Morgan fingerprint density at radius 1 is 1.03 bits per heavy atom. The van der Waals surface area contributed by atoms with Crippen molar-refractivity contribution in [2.45, 2.75) is 78.0 Å². The van der Waals surface area contributed by atoms with Crippen LogP contribution < -0.4 is 5.32 Å². The first kappa shape index (κ1) is 26.7. The number of nitrogens with one attached hydrogen (secondary N) is 1. The first-order valence-corrected chi connectivity index (χ1v) is 12.9. The summed E-state index contributed by atoms with van der Waals surface area (Å²) in [6.07, 6.45) is 10.2. The molecule has 1 saturated heterocycles. The summed E-state index contributed by atoms with van der Waals surface area (Å²) in [5, 5.41) is 3.67. The SMILES string of the molecule is C=C/C(=C\C(=C/C)OC1CCC(Nc2ccc(C)cc2)CC1)N1CCN(C(=O)OC(C)(C)C)CC1. The van der Waals surface area contributed by atoms with Gasteiger partial charge in [-0.2, -0.15) is 0 Å². The average molecular weight is 482 g/mol. The number of benzene rings is 1. The van der Waals surface area contributed by atoms with Gasteiger partial charge in [-0.1, -0.05) is 24.3 Å². The fourth-order valence-electron chi connectivity index (χ4n) is 4.49. The van der Waals surface area contributed by atoms with Gasteiger partial charge in [-0.3, -0.25) is 0 Å². The maximum atomic E-state index is 12.4. The summed E-state index contributed by atoms with van der Waals surface area (Å²) in [5.41, 5.74) is 3.02. The highest BCUT2D eigenvalue weighted by molar-refractivity contribution is 5.68. The van der Waals surface area contributed by atoms with Crippen molar-refractivity contribution in [2.24, 2.45) is 0 Å². The zero-order chi connectivity index (χ0) is 25.4. The van der Waals surface area contributed by atoms with Crippen molar-refractivity contribution in [1.29, 1.82) is 0 Å². The molecule has 1 aromatic carbocycles. The number of amides is 1. The Kier molecular flexibility index (Phi) is 9.30. The number of carbonyl (C=O) groups is 1. The number of hydrogen-bond acceptors (Lipinski definition) is 5. The van der Waals surface area contributed by atoms with E-state index in [9.17, 15) is 4.79 Å². The highest BCUT2D eigenvalue weighted by atomic mass is 16.6. The van der Waals surface area contributed by atoms with Gasteiger partial charge < -0.3 is 24.6 Å². The van der Waals surface area contributed by atoms with E-state index in [4.69, 9.17) is 9.47 Å². The molecule has 0 unspecified atom stereocenters. The van der Waals surface area contributed by atoms with Gasteiger partial charge in [-0.15, -0.1) is 0 Å².